The zero-order valence-electron chi connectivity index (χ0n) is 10.2. The zero-order chi connectivity index (χ0) is 12.5. The number of nitrogens with one attached hydrogen (secondary N) is 1. The van der Waals surface area contributed by atoms with E-state index in [1.165, 1.54) is 32.1 Å². The number of amides is 2. The van der Waals surface area contributed by atoms with Crippen LogP contribution in [-0.4, -0.2) is 18.4 Å². The van der Waals surface area contributed by atoms with E-state index in [2.05, 4.69) is 10.3 Å². The van der Waals surface area contributed by atoms with Crippen LogP contribution in [0, 0.1) is 5.92 Å². The van der Waals surface area contributed by atoms with Gasteiger partial charge in [0.05, 0.1) is 0 Å². The molecule has 98 valence electrons. The lowest BCUT2D eigenvalue weighted by Crippen LogP contribution is -2.29. The van der Waals surface area contributed by atoms with Crippen LogP contribution in [0.3, 0.4) is 0 Å². The van der Waals surface area contributed by atoms with Gasteiger partial charge < -0.3 is 5.73 Å². The molecule has 0 aromatic carbocycles. The Labute approximate surface area is 102 Å². The number of rotatable bonds is 7. The van der Waals surface area contributed by atoms with Crippen LogP contribution in [0.1, 0.15) is 51.4 Å². The molecule has 0 spiro atoms. The molecule has 1 saturated carbocycles. The van der Waals surface area contributed by atoms with Crippen molar-refractivity contribution in [1.29, 1.82) is 0 Å². The van der Waals surface area contributed by atoms with Crippen molar-refractivity contribution in [3.05, 3.63) is 0 Å². The summed E-state index contributed by atoms with van der Waals surface area (Å²) in [6.45, 7) is -0.269. The van der Waals surface area contributed by atoms with Crippen LogP contribution in [0.2, 0.25) is 0 Å². The molecule has 0 bridgehead atoms. The highest BCUT2D eigenvalue weighted by Gasteiger charge is 2.13. The highest BCUT2D eigenvalue weighted by molar-refractivity contribution is 5.76. The number of nitrogens with two attached hydrogens (primary N) is 1. The molecule has 1 rings (SSSR count). The Morgan fingerprint density at radius 2 is 1.94 bits per heavy atom. The van der Waals surface area contributed by atoms with Gasteiger partial charge >= 0.3 is 0 Å². The normalized spacial score (nSPS) is 16.7. The topological polar surface area (TPSA) is 81.4 Å². The van der Waals surface area contributed by atoms with Crippen LogP contribution in [0.15, 0.2) is 0 Å². The fourth-order valence-corrected chi connectivity index (χ4v) is 2.27. The summed E-state index contributed by atoms with van der Waals surface area (Å²) < 4.78 is 0. The highest BCUT2D eigenvalue weighted by Crippen LogP contribution is 2.27. The molecule has 1 aliphatic carbocycles. The molecular formula is C12H22N2O3. The molecule has 1 fully saturated rings. The predicted molar refractivity (Wildman–Crippen MR) is 63.7 cm³/mol. The van der Waals surface area contributed by atoms with Crippen LogP contribution in [-0.2, 0) is 14.4 Å². The second-order valence-electron chi connectivity index (χ2n) is 4.68. The molecule has 5 nitrogen and oxygen atoms in total. The van der Waals surface area contributed by atoms with Gasteiger partial charge in [0.2, 0.25) is 11.8 Å². The van der Waals surface area contributed by atoms with Crippen molar-refractivity contribution < 1.29 is 14.4 Å². The molecule has 0 unspecified atom stereocenters. The Morgan fingerprint density at radius 3 is 2.59 bits per heavy atom. The SMILES string of the molecule is NC(=O)CONC(=O)CCCC1CCCCC1. The molecule has 0 aromatic heterocycles. The van der Waals surface area contributed by atoms with Crippen LogP contribution in [0.25, 0.3) is 0 Å². The number of hydrogen-bond donors (Lipinski definition) is 2. The fraction of sp³-hybridized carbons (Fsp3) is 0.833. The minimum atomic E-state index is -0.590. The lowest BCUT2D eigenvalue weighted by molar-refractivity contribution is -0.138. The van der Waals surface area contributed by atoms with Crippen LogP contribution < -0.4 is 11.2 Å². The molecular weight excluding hydrogens is 220 g/mol. The standard InChI is InChI=1S/C12H22N2O3/c13-11(15)9-17-14-12(16)8-4-7-10-5-2-1-3-6-10/h10H,1-9H2,(H2,13,15)(H,14,16). The van der Waals surface area contributed by atoms with E-state index in [4.69, 9.17) is 5.73 Å². The fourth-order valence-electron chi connectivity index (χ4n) is 2.27. The average molecular weight is 242 g/mol. The van der Waals surface area contributed by atoms with E-state index in [-0.39, 0.29) is 12.5 Å². The average Bonchev–Trinajstić information content (AvgIpc) is 2.30. The van der Waals surface area contributed by atoms with Gasteiger partial charge in [0, 0.05) is 6.42 Å². The van der Waals surface area contributed by atoms with Crippen molar-refractivity contribution >= 4 is 11.8 Å². The number of primary amides is 1. The molecule has 0 radical (unpaired) electrons. The Balaban J connectivity index is 1.97. The summed E-state index contributed by atoms with van der Waals surface area (Å²) >= 11 is 0. The molecule has 17 heavy (non-hydrogen) atoms. The molecule has 0 saturated heterocycles. The lowest BCUT2D eigenvalue weighted by Gasteiger charge is -2.21. The Kier molecular flexibility index (Phi) is 6.62. The Morgan fingerprint density at radius 1 is 1.24 bits per heavy atom. The van der Waals surface area contributed by atoms with Gasteiger partial charge in [0.1, 0.15) is 0 Å². The van der Waals surface area contributed by atoms with Gasteiger partial charge in [-0.2, -0.15) is 0 Å². The van der Waals surface area contributed by atoms with E-state index in [1.54, 1.807) is 0 Å². The van der Waals surface area contributed by atoms with E-state index in [9.17, 15) is 9.59 Å². The summed E-state index contributed by atoms with van der Waals surface area (Å²) in [5.74, 6) is 0.0256. The third-order valence-corrected chi connectivity index (χ3v) is 3.14. The van der Waals surface area contributed by atoms with Crippen LogP contribution in [0.5, 0.6) is 0 Å². The first-order valence-electron chi connectivity index (χ1n) is 6.37. The molecule has 1 aliphatic rings. The van der Waals surface area contributed by atoms with Gasteiger partial charge in [-0.05, 0) is 18.8 Å². The largest absolute Gasteiger partial charge is 0.368 e. The molecule has 0 aromatic rings. The number of hydroxylamine groups is 1. The quantitative estimate of drug-likeness (QED) is 0.660. The summed E-state index contributed by atoms with van der Waals surface area (Å²) in [5, 5.41) is 0. The minimum Gasteiger partial charge on any atom is -0.368 e. The highest BCUT2D eigenvalue weighted by atomic mass is 16.7. The summed E-state index contributed by atoms with van der Waals surface area (Å²) in [6.07, 6.45) is 9.09. The van der Waals surface area contributed by atoms with E-state index >= 15 is 0 Å². The van der Waals surface area contributed by atoms with E-state index in [0.717, 1.165) is 18.8 Å². The maximum absolute atomic E-state index is 11.3. The smallest absolute Gasteiger partial charge is 0.246 e. The third-order valence-electron chi connectivity index (χ3n) is 3.14. The second-order valence-corrected chi connectivity index (χ2v) is 4.68. The first-order chi connectivity index (χ1) is 8.18. The van der Waals surface area contributed by atoms with Crippen LogP contribution >= 0.6 is 0 Å². The maximum atomic E-state index is 11.3. The first kappa shape index (κ1) is 14.0. The second kappa shape index (κ2) is 8.06. The van der Waals surface area contributed by atoms with Crippen molar-refractivity contribution in [2.45, 2.75) is 51.4 Å². The summed E-state index contributed by atoms with van der Waals surface area (Å²) in [6, 6.07) is 0. The van der Waals surface area contributed by atoms with Gasteiger partial charge in [0.25, 0.3) is 0 Å². The van der Waals surface area contributed by atoms with E-state index < -0.39 is 5.91 Å². The zero-order valence-corrected chi connectivity index (χ0v) is 10.2. The minimum absolute atomic E-state index is 0.179. The van der Waals surface area contributed by atoms with Gasteiger partial charge in [-0.15, -0.1) is 0 Å². The van der Waals surface area contributed by atoms with Crippen molar-refractivity contribution in [2.75, 3.05) is 6.61 Å². The molecule has 5 heteroatoms. The van der Waals surface area contributed by atoms with Gasteiger partial charge in [0.15, 0.2) is 6.61 Å². The predicted octanol–water partition coefficient (Wildman–Crippen LogP) is 1.27. The van der Waals surface area contributed by atoms with Gasteiger partial charge in [-0.1, -0.05) is 32.1 Å². The van der Waals surface area contributed by atoms with Crippen molar-refractivity contribution in [2.24, 2.45) is 11.7 Å². The van der Waals surface area contributed by atoms with Gasteiger partial charge in [-0.25, -0.2) is 5.48 Å². The Bertz CT molecular complexity index is 250. The maximum Gasteiger partial charge on any atom is 0.246 e. The summed E-state index contributed by atoms with van der Waals surface area (Å²) in [7, 11) is 0. The van der Waals surface area contributed by atoms with Gasteiger partial charge in [-0.3, -0.25) is 14.4 Å². The summed E-state index contributed by atoms with van der Waals surface area (Å²) in [4.78, 5) is 26.3. The van der Waals surface area contributed by atoms with Crippen molar-refractivity contribution in [1.82, 2.24) is 5.48 Å². The number of carbonyl (C=O) groups is 2. The monoisotopic (exact) mass is 242 g/mol. The lowest BCUT2D eigenvalue weighted by atomic mass is 9.86. The summed E-state index contributed by atoms with van der Waals surface area (Å²) in [5.41, 5.74) is 7.07. The number of hydrogen-bond acceptors (Lipinski definition) is 3. The molecule has 0 atom stereocenters. The molecule has 0 heterocycles. The Hall–Kier alpha value is -1.10. The van der Waals surface area contributed by atoms with Crippen molar-refractivity contribution in [3.63, 3.8) is 0 Å². The molecule has 2 amide bonds. The third kappa shape index (κ3) is 6.94. The van der Waals surface area contributed by atoms with Crippen molar-refractivity contribution in [3.8, 4) is 0 Å². The van der Waals surface area contributed by atoms with E-state index in [1.807, 2.05) is 0 Å². The molecule has 0 aliphatic heterocycles. The first-order valence-corrected chi connectivity index (χ1v) is 6.37. The van der Waals surface area contributed by atoms with Crippen LogP contribution in [0.4, 0.5) is 0 Å². The van der Waals surface area contributed by atoms with E-state index in [0.29, 0.717) is 6.42 Å². The molecule has 3 N–H and O–H groups in total. The number of carbonyl (C=O) groups excluding carboxylic acids is 2.